The van der Waals surface area contributed by atoms with E-state index in [2.05, 4.69) is 43.4 Å². The van der Waals surface area contributed by atoms with Gasteiger partial charge in [0.05, 0.1) is 6.33 Å². The van der Waals surface area contributed by atoms with Crippen LogP contribution >= 0.6 is 0 Å². The molecule has 1 aromatic heterocycles. The van der Waals surface area contributed by atoms with Gasteiger partial charge in [0.15, 0.2) is 0 Å². The predicted molar refractivity (Wildman–Crippen MR) is 125 cm³/mol. The molecule has 0 fully saturated rings. The highest BCUT2D eigenvalue weighted by Gasteiger charge is 2.26. The molecule has 0 unspecified atom stereocenters. The van der Waals surface area contributed by atoms with Crippen LogP contribution in [-0.2, 0) is 5.54 Å². The molecule has 0 aromatic carbocycles. The molecule has 2 nitrogen and oxygen atoms in total. The van der Waals surface area contributed by atoms with Gasteiger partial charge in [-0.2, -0.15) is 0 Å². The summed E-state index contributed by atoms with van der Waals surface area (Å²) in [5, 5.41) is 0. The van der Waals surface area contributed by atoms with Crippen LogP contribution < -0.4 is 0 Å². The summed E-state index contributed by atoms with van der Waals surface area (Å²) in [6, 6.07) is 0. The third-order valence-corrected chi connectivity index (χ3v) is 6.87. The lowest BCUT2D eigenvalue weighted by atomic mass is 9.84. The van der Waals surface area contributed by atoms with Gasteiger partial charge in [0.2, 0.25) is 0 Å². The van der Waals surface area contributed by atoms with E-state index in [-0.39, 0.29) is 5.54 Å². The fraction of sp³-hybridized carbons (Fsp3) is 0.885. The topological polar surface area (TPSA) is 17.8 Å². The van der Waals surface area contributed by atoms with Crippen molar-refractivity contribution in [2.75, 3.05) is 0 Å². The van der Waals surface area contributed by atoms with E-state index in [1.807, 2.05) is 12.5 Å². The Morgan fingerprint density at radius 1 is 0.714 bits per heavy atom. The highest BCUT2D eigenvalue weighted by atomic mass is 15.1. The molecule has 164 valence electrons. The van der Waals surface area contributed by atoms with Crippen LogP contribution in [0.3, 0.4) is 0 Å². The lowest BCUT2D eigenvalue weighted by Crippen LogP contribution is -2.32. The highest BCUT2D eigenvalue weighted by Crippen LogP contribution is 2.29. The minimum absolute atomic E-state index is 0.173. The van der Waals surface area contributed by atoms with Gasteiger partial charge in [0.25, 0.3) is 0 Å². The Kier molecular flexibility index (Phi) is 14.5. The van der Waals surface area contributed by atoms with Crippen molar-refractivity contribution in [1.82, 2.24) is 9.55 Å². The van der Waals surface area contributed by atoms with E-state index in [1.54, 1.807) is 0 Å². The fourth-order valence-electron chi connectivity index (χ4n) is 4.21. The molecular weight excluding hydrogens is 340 g/mol. The first-order valence-corrected chi connectivity index (χ1v) is 12.6. The first kappa shape index (κ1) is 25.2. The van der Waals surface area contributed by atoms with Crippen LogP contribution in [0.1, 0.15) is 137 Å². The van der Waals surface area contributed by atoms with Crippen molar-refractivity contribution >= 4 is 0 Å². The first-order valence-electron chi connectivity index (χ1n) is 12.6. The number of hydrogen-bond donors (Lipinski definition) is 0. The normalized spacial score (nSPS) is 13.1. The average molecular weight is 391 g/mol. The molecule has 0 N–H and O–H groups in total. The molecule has 0 aliphatic carbocycles. The lowest BCUT2D eigenvalue weighted by molar-refractivity contribution is 0.215. The standard InChI is InChI=1S/C26H50N2/c1-5-6-7-8-9-10-11-12-13-14-15-16-17-18-19-20-21-25(2)26(3,4)28-23-22-27-24-28/h22-25H,5-21H2,1-4H3/t25-/m0/s1. The van der Waals surface area contributed by atoms with E-state index < -0.39 is 0 Å². The minimum atomic E-state index is 0.173. The van der Waals surface area contributed by atoms with Crippen LogP contribution in [0.25, 0.3) is 0 Å². The number of nitrogens with zero attached hydrogens (tertiary/aromatic N) is 2. The molecule has 2 heteroatoms. The van der Waals surface area contributed by atoms with Crippen molar-refractivity contribution in [1.29, 1.82) is 0 Å². The molecule has 28 heavy (non-hydrogen) atoms. The fourth-order valence-corrected chi connectivity index (χ4v) is 4.21. The zero-order chi connectivity index (χ0) is 20.5. The predicted octanol–water partition coefficient (Wildman–Crippen LogP) is 8.91. The van der Waals surface area contributed by atoms with E-state index >= 15 is 0 Å². The van der Waals surface area contributed by atoms with Crippen molar-refractivity contribution in [2.45, 2.75) is 142 Å². The second-order valence-corrected chi connectivity index (χ2v) is 9.62. The molecule has 1 rings (SSSR count). The van der Waals surface area contributed by atoms with Gasteiger partial charge >= 0.3 is 0 Å². The maximum Gasteiger partial charge on any atom is 0.0951 e. The third-order valence-electron chi connectivity index (χ3n) is 6.87. The quantitative estimate of drug-likeness (QED) is 0.216. The molecule has 0 saturated carbocycles. The maximum atomic E-state index is 4.21. The zero-order valence-electron chi connectivity index (χ0n) is 19.7. The summed E-state index contributed by atoms with van der Waals surface area (Å²) >= 11 is 0. The van der Waals surface area contributed by atoms with Gasteiger partial charge in [-0.25, -0.2) is 4.98 Å². The summed E-state index contributed by atoms with van der Waals surface area (Å²) in [5.41, 5.74) is 0.173. The van der Waals surface area contributed by atoms with Gasteiger partial charge < -0.3 is 4.57 Å². The number of aromatic nitrogens is 2. The summed E-state index contributed by atoms with van der Waals surface area (Å²) in [4.78, 5) is 4.21. The van der Waals surface area contributed by atoms with Crippen molar-refractivity contribution in [3.05, 3.63) is 18.7 Å². The molecule has 1 aromatic rings. The smallest absolute Gasteiger partial charge is 0.0951 e. The van der Waals surface area contributed by atoms with E-state index in [1.165, 1.54) is 109 Å². The Balaban J connectivity index is 1.84. The van der Waals surface area contributed by atoms with Crippen LogP contribution in [0.5, 0.6) is 0 Å². The summed E-state index contributed by atoms with van der Waals surface area (Å²) in [7, 11) is 0. The van der Waals surface area contributed by atoms with Gasteiger partial charge in [-0.15, -0.1) is 0 Å². The van der Waals surface area contributed by atoms with Crippen LogP contribution in [0.2, 0.25) is 0 Å². The van der Waals surface area contributed by atoms with E-state index in [9.17, 15) is 0 Å². The Hall–Kier alpha value is -0.790. The molecule has 0 aliphatic rings. The highest BCUT2D eigenvalue weighted by molar-refractivity contribution is 4.89. The van der Waals surface area contributed by atoms with Crippen LogP contribution in [0.15, 0.2) is 18.7 Å². The van der Waals surface area contributed by atoms with Gasteiger partial charge in [-0.05, 0) is 26.2 Å². The van der Waals surface area contributed by atoms with Gasteiger partial charge in [0.1, 0.15) is 0 Å². The van der Waals surface area contributed by atoms with Crippen molar-refractivity contribution in [3.8, 4) is 0 Å². The van der Waals surface area contributed by atoms with Crippen LogP contribution in [0, 0.1) is 5.92 Å². The van der Waals surface area contributed by atoms with Gasteiger partial charge in [-0.1, -0.05) is 117 Å². The third kappa shape index (κ3) is 11.3. The molecule has 0 aliphatic heterocycles. The summed E-state index contributed by atoms with van der Waals surface area (Å²) < 4.78 is 2.27. The van der Waals surface area contributed by atoms with Crippen LogP contribution in [0.4, 0.5) is 0 Å². The molecule has 0 spiro atoms. The monoisotopic (exact) mass is 390 g/mol. The van der Waals surface area contributed by atoms with E-state index in [0.717, 1.165) is 0 Å². The first-order chi connectivity index (χ1) is 13.6. The number of rotatable bonds is 19. The lowest BCUT2D eigenvalue weighted by Gasteiger charge is -2.33. The van der Waals surface area contributed by atoms with E-state index in [4.69, 9.17) is 0 Å². The second-order valence-electron chi connectivity index (χ2n) is 9.62. The molecule has 0 amide bonds. The molecule has 1 atom stereocenters. The van der Waals surface area contributed by atoms with Crippen LogP contribution in [-0.4, -0.2) is 9.55 Å². The number of unbranched alkanes of at least 4 members (excludes halogenated alkanes) is 15. The summed E-state index contributed by atoms with van der Waals surface area (Å²) in [5.74, 6) is 0.688. The molecule has 0 bridgehead atoms. The number of hydrogen-bond acceptors (Lipinski definition) is 1. The number of imidazole rings is 1. The molecule has 0 radical (unpaired) electrons. The summed E-state index contributed by atoms with van der Waals surface area (Å²) in [6.45, 7) is 9.37. The van der Waals surface area contributed by atoms with Crippen molar-refractivity contribution in [2.24, 2.45) is 5.92 Å². The van der Waals surface area contributed by atoms with Crippen molar-refractivity contribution < 1.29 is 0 Å². The van der Waals surface area contributed by atoms with Crippen molar-refractivity contribution in [3.63, 3.8) is 0 Å². The average Bonchev–Trinajstić information content (AvgIpc) is 3.23. The largest absolute Gasteiger partial charge is 0.332 e. The summed E-state index contributed by atoms with van der Waals surface area (Å²) in [6.07, 6.45) is 30.4. The second kappa shape index (κ2) is 16.1. The molecule has 1 heterocycles. The molecular formula is C26H50N2. The Bertz CT molecular complexity index is 435. The Morgan fingerprint density at radius 2 is 1.14 bits per heavy atom. The maximum absolute atomic E-state index is 4.21. The zero-order valence-corrected chi connectivity index (χ0v) is 19.7. The van der Waals surface area contributed by atoms with E-state index in [0.29, 0.717) is 5.92 Å². The molecule has 0 saturated heterocycles. The minimum Gasteiger partial charge on any atom is -0.332 e. The van der Waals surface area contributed by atoms with Gasteiger partial charge in [0, 0.05) is 17.9 Å². The Labute approximate surface area is 176 Å². The van der Waals surface area contributed by atoms with Gasteiger partial charge in [-0.3, -0.25) is 0 Å². The SMILES string of the molecule is CCCCCCCCCCCCCCCCCC[C@H](C)C(C)(C)n1ccnc1. The Morgan fingerprint density at radius 3 is 1.54 bits per heavy atom.